The number of fused-ring (bicyclic) bond motifs is 5. The van der Waals surface area contributed by atoms with Crippen LogP contribution in [0.4, 0.5) is 20.6 Å². The predicted octanol–water partition coefficient (Wildman–Crippen LogP) is 5.94. The molecule has 2 saturated heterocycles. The number of para-hydroxylation sites is 1. The molecule has 238 valence electrons. The molecule has 2 atom stereocenters. The second-order valence-electron chi connectivity index (χ2n) is 12.4. The Morgan fingerprint density at radius 2 is 1.65 bits per heavy atom. The molecule has 0 spiro atoms. The summed E-state index contributed by atoms with van der Waals surface area (Å²) < 4.78 is 15.3. The maximum atomic E-state index is 15.3. The van der Waals surface area contributed by atoms with E-state index in [0.717, 1.165) is 25.7 Å². The van der Waals surface area contributed by atoms with Gasteiger partial charge >= 0.3 is 6.03 Å². The van der Waals surface area contributed by atoms with Crippen LogP contribution in [-0.4, -0.2) is 54.3 Å². The zero-order chi connectivity index (χ0) is 32.4. The van der Waals surface area contributed by atoms with Gasteiger partial charge in [0.25, 0.3) is 5.91 Å². The van der Waals surface area contributed by atoms with E-state index in [2.05, 4.69) is 20.8 Å². The third kappa shape index (κ3) is 6.40. The van der Waals surface area contributed by atoms with Crippen LogP contribution in [0.5, 0.6) is 0 Å². The summed E-state index contributed by atoms with van der Waals surface area (Å²) in [5, 5.41) is 8.38. The van der Waals surface area contributed by atoms with E-state index in [-0.39, 0.29) is 23.7 Å². The fourth-order valence-corrected chi connectivity index (χ4v) is 6.80. The van der Waals surface area contributed by atoms with Gasteiger partial charge in [0, 0.05) is 29.9 Å². The van der Waals surface area contributed by atoms with Gasteiger partial charge < -0.3 is 15.5 Å². The number of aryl methyl sites for hydroxylation is 1. The van der Waals surface area contributed by atoms with Crippen molar-refractivity contribution < 1.29 is 18.8 Å². The van der Waals surface area contributed by atoms with Crippen LogP contribution in [0.15, 0.2) is 76.9 Å². The van der Waals surface area contributed by atoms with Gasteiger partial charge in [0.15, 0.2) is 0 Å². The fourth-order valence-electron chi connectivity index (χ4n) is 6.80. The molecule has 10 nitrogen and oxygen atoms in total. The summed E-state index contributed by atoms with van der Waals surface area (Å²) in [7, 11) is 0. The number of carbonyl (C=O) groups is 3. The molecule has 3 aromatic carbocycles. The van der Waals surface area contributed by atoms with Crippen molar-refractivity contribution >= 4 is 34.9 Å². The maximum absolute atomic E-state index is 15.3. The van der Waals surface area contributed by atoms with Crippen molar-refractivity contribution in [2.75, 3.05) is 29.9 Å². The normalized spacial score (nSPS) is 21.4. The molecular weight excluding hydrogens is 587 g/mol. The molecule has 11 heteroatoms. The summed E-state index contributed by atoms with van der Waals surface area (Å²) in [5.74, 6) is -0.420. The first-order chi connectivity index (χ1) is 22.2. The number of rotatable bonds is 7. The highest BCUT2D eigenvalue weighted by atomic mass is 19.1. The minimum Gasteiger partial charge on any atom is -0.341 e. The first-order valence-electron chi connectivity index (χ1n) is 15.7. The van der Waals surface area contributed by atoms with E-state index in [1.807, 2.05) is 17.9 Å². The Morgan fingerprint density at radius 3 is 2.35 bits per heavy atom. The number of benzodiazepines with no additional fused rings is 1. The first-order valence-corrected chi connectivity index (χ1v) is 15.7. The Hall–Kier alpha value is -4.93. The number of nitrogens with one attached hydrogen (secondary N) is 2. The lowest BCUT2D eigenvalue weighted by Crippen LogP contribution is -2.52. The van der Waals surface area contributed by atoms with Gasteiger partial charge in [-0.05, 0) is 86.8 Å². The zero-order valence-corrected chi connectivity index (χ0v) is 25.9. The highest BCUT2D eigenvalue weighted by molar-refractivity contribution is 6.21. The van der Waals surface area contributed by atoms with Gasteiger partial charge in [0.05, 0.1) is 11.4 Å². The SMILES string of the molecule is Cc1cccc2c1N(CC(=O)N1CC3CCC(CC3)C1)C(=O)C(NC(=O)Nc1cccc(C(C)N=O)c1)N=C2c1ccccc1F. The molecule has 3 fully saturated rings. The van der Waals surface area contributed by atoms with E-state index < -0.39 is 30.0 Å². The minimum atomic E-state index is -1.48. The average Bonchev–Trinajstić information content (AvgIpc) is 3.44. The molecule has 4 aliphatic rings. The monoisotopic (exact) mass is 624 g/mol. The number of urea groups is 1. The molecule has 2 N–H and O–H groups in total. The molecule has 0 aromatic heterocycles. The van der Waals surface area contributed by atoms with Crippen LogP contribution in [0.2, 0.25) is 0 Å². The van der Waals surface area contributed by atoms with Crippen LogP contribution in [0.25, 0.3) is 0 Å². The average molecular weight is 625 g/mol. The van der Waals surface area contributed by atoms with Crippen molar-refractivity contribution in [3.05, 3.63) is 99.7 Å². The summed E-state index contributed by atoms with van der Waals surface area (Å²) in [4.78, 5) is 60.6. The van der Waals surface area contributed by atoms with E-state index >= 15 is 4.39 Å². The number of hydrogen-bond donors (Lipinski definition) is 2. The number of aliphatic imine (C=N–C) groups is 1. The number of nitrogens with zero attached hydrogens (tertiary/aromatic N) is 4. The number of nitroso groups, excluding NO2 is 1. The molecule has 3 aliphatic heterocycles. The van der Waals surface area contributed by atoms with Gasteiger partial charge in [-0.25, -0.2) is 14.2 Å². The Morgan fingerprint density at radius 1 is 0.978 bits per heavy atom. The second kappa shape index (κ2) is 13.2. The molecule has 3 heterocycles. The quantitative estimate of drug-likeness (QED) is 0.316. The van der Waals surface area contributed by atoms with Crippen LogP contribution < -0.4 is 15.5 Å². The van der Waals surface area contributed by atoms with Gasteiger partial charge in [0.2, 0.25) is 12.1 Å². The van der Waals surface area contributed by atoms with Crippen molar-refractivity contribution in [2.45, 2.75) is 51.7 Å². The smallest absolute Gasteiger partial charge is 0.321 e. The Bertz CT molecular complexity index is 1690. The highest BCUT2D eigenvalue weighted by Crippen LogP contribution is 2.35. The van der Waals surface area contributed by atoms with Gasteiger partial charge in [-0.1, -0.05) is 47.6 Å². The van der Waals surface area contributed by atoms with E-state index in [1.54, 1.807) is 61.5 Å². The summed E-state index contributed by atoms with van der Waals surface area (Å²) >= 11 is 0. The van der Waals surface area contributed by atoms with Crippen LogP contribution >= 0.6 is 0 Å². The number of hydrogen-bond acceptors (Lipinski definition) is 6. The van der Waals surface area contributed by atoms with Crippen LogP contribution in [-0.2, 0) is 9.59 Å². The molecule has 4 amide bonds. The topological polar surface area (TPSA) is 124 Å². The van der Waals surface area contributed by atoms with E-state index in [4.69, 9.17) is 0 Å². The van der Waals surface area contributed by atoms with Crippen molar-refractivity contribution in [1.82, 2.24) is 10.2 Å². The zero-order valence-electron chi connectivity index (χ0n) is 25.9. The summed E-state index contributed by atoms with van der Waals surface area (Å²) in [6, 6.07) is 16.8. The van der Waals surface area contributed by atoms with Crippen molar-refractivity contribution in [2.24, 2.45) is 22.0 Å². The second-order valence-corrected chi connectivity index (χ2v) is 12.4. The van der Waals surface area contributed by atoms with E-state index in [1.165, 1.54) is 11.0 Å². The lowest BCUT2D eigenvalue weighted by molar-refractivity contribution is -0.132. The lowest BCUT2D eigenvalue weighted by atomic mass is 9.84. The Kier molecular flexibility index (Phi) is 8.92. The number of halogens is 1. The van der Waals surface area contributed by atoms with Crippen molar-refractivity contribution in [3.8, 4) is 0 Å². The standard InChI is InChI=1S/C35H37FN6O4/c1-21-7-5-11-28-31(27-10-3-4-12-29(27)36)38-33(39-35(45)37-26-9-6-8-25(17-26)22(2)40-46)34(44)42(32(21)28)20-30(43)41-18-23-13-14-24(19-41)16-15-23/h3-12,17,22-24,33H,13-16,18-20H2,1-2H3,(H2,37,39,45). The lowest BCUT2D eigenvalue weighted by Gasteiger charge is -2.30. The first kappa shape index (κ1) is 31.1. The van der Waals surface area contributed by atoms with Crippen LogP contribution in [0, 0.1) is 29.5 Å². The van der Waals surface area contributed by atoms with Crippen LogP contribution in [0.3, 0.4) is 0 Å². The molecule has 2 bridgehead atoms. The van der Waals surface area contributed by atoms with E-state index in [0.29, 0.717) is 53.0 Å². The van der Waals surface area contributed by atoms with Gasteiger partial charge in [-0.15, -0.1) is 0 Å². The van der Waals surface area contributed by atoms with Gasteiger partial charge in [0.1, 0.15) is 18.4 Å². The number of carbonyl (C=O) groups excluding carboxylic acids is 3. The molecule has 2 unspecified atom stereocenters. The Labute approximate surface area is 267 Å². The summed E-state index contributed by atoms with van der Waals surface area (Å²) in [6.45, 7) is 4.56. The largest absolute Gasteiger partial charge is 0.341 e. The fraction of sp³-hybridized carbons (Fsp3) is 0.371. The molecule has 0 radical (unpaired) electrons. The third-order valence-corrected chi connectivity index (χ3v) is 9.27. The molecule has 1 saturated carbocycles. The summed E-state index contributed by atoms with van der Waals surface area (Å²) in [6.07, 6.45) is 2.94. The number of amides is 4. The van der Waals surface area contributed by atoms with Crippen molar-refractivity contribution in [1.29, 1.82) is 0 Å². The minimum absolute atomic E-state index is 0.162. The van der Waals surface area contributed by atoms with Crippen LogP contribution in [0.1, 0.15) is 60.9 Å². The molecule has 3 aromatic rings. The van der Waals surface area contributed by atoms with Crippen molar-refractivity contribution in [3.63, 3.8) is 0 Å². The highest BCUT2D eigenvalue weighted by Gasteiger charge is 2.38. The molecule has 7 rings (SSSR count). The number of anilines is 2. The predicted molar refractivity (Wildman–Crippen MR) is 174 cm³/mol. The Balaban J connectivity index is 1.36. The molecule has 1 aliphatic carbocycles. The molecule has 46 heavy (non-hydrogen) atoms. The summed E-state index contributed by atoms with van der Waals surface area (Å²) in [5.41, 5.74) is 2.98. The van der Waals surface area contributed by atoms with Gasteiger partial charge in [-0.3, -0.25) is 14.5 Å². The van der Waals surface area contributed by atoms with E-state index in [9.17, 15) is 19.3 Å². The van der Waals surface area contributed by atoms with Gasteiger partial charge in [-0.2, -0.15) is 4.91 Å². The number of benzene rings is 3. The maximum Gasteiger partial charge on any atom is 0.321 e. The third-order valence-electron chi connectivity index (χ3n) is 9.27. The molecular formula is C35H37FN6O4.